The quantitative estimate of drug-likeness (QED) is 0.919. The average molecular weight is 356 g/mol. The van der Waals surface area contributed by atoms with Gasteiger partial charge in [0.25, 0.3) is 5.91 Å². The standard InChI is InChI=1S/C19H24N4OS/c24-19(21-15-7-13-3-6-22(11-13)12-15)16-9-17-14(10-20-16)8-18(25-17)23-4-1-2-5-23/h8-10,13,15H,1-7,11-12H2,(H,21,24). The summed E-state index contributed by atoms with van der Waals surface area (Å²) in [4.78, 5) is 22.0. The van der Waals surface area contributed by atoms with E-state index in [1.54, 1.807) is 11.3 Å². The highest BCUT2D eigenvalue weighted by molar-refractivity contribution is 7.22. The Labute approximate surface area is 152 Å². The third-order valence-electron chi connectivity index (χ3n) is 5.84. The van der Waals surface area contributed by atoms with E-state index in [1.165, 1.54) is 37.4 Å². The van der Waals surface area contributed by atoms with Crippen molar-refractivity contribution in [1.29, 1.82) is 0 Å². The molecule has 25 heavy (non-hydrogen) atoms. The fourth-order valence-electron chi connectivity index (χ4n) is 4.56. The molecule has 3 aliphatic rings. The second kappa shape index (κ2) is 6.25. The largest absolute Gasteiger partial charge is 0.363 e. The number of fused-ring (bicyclic) bond motifs is 3. The van der Waals surface area contributed by atoms with Gasteiger partial charge in [-0.05, 0) is 50.3 Å². The molecule has 0 aromatic carbocycles. The molecular weight excluding hydrogens is 332 g/mol. The summed E-state index contributed by atoms with van der Waals surface area (Å²) in [5, 5.41) is 5.67. The molecule has 132 valence electrons. The minimum absolute atomic E-state index is 0.0227. The average Bonchev–Trinajstić information content (AvgIpc) is 3.33. The molecule has 5 rings (SSSR count). The van der Waals surface area contributed by atoms with E-state index in [-0.39, 0.29) is 11.9 Å². The van der Waals surface area contributed by atoms with Gasteiger partial charge in [0.15, 0.2) is 0 Å². The number of nitrogens with zero attached hydrogens (tertiary/aromatic N) is 3. The Morgan fingerprint density at radius 2 is 2.08 bits per heavy atom. The molecule has 0 aliphatic carbocycles. The molecule has 2 aromatic heterocycles. The third kappa shape index (κ3) is 3.02. The molecule has 5 nitrogen and oxygen atoms in total. The monoisotopic (exact) mass is 356 g/mol. The minimum atomic E-state index is -0.0227. The van der Waals surface area contributed by atoms with Crippen molar-refractivity contribution >= 4 is 32.3 Å². The Morgan fingerprint density at radius 3 is 2.92 bits per heavy atom. The second-order valence-electron chi connectivity index (χ2n) is 7.71. The molecule has 6 heteroatoms. The van der Waals surface area contributed by atoms with Crippen LogP contribution in [0.15, 0.2) is 18.3 Å². The van der Waals surface area contributed by atoms with Crippen LogP contribution < -0.4 is 10.2 Å². The zero-order valence-electron chi connectivity index (χ0n) is 14.4. The second-order valence-corrected chi connectivity index (χ2v) is 8.77. The van der Waals surface area contributed by atoms with E-state index >= 15 is 0 Å². The van der Waals surface area contributed by atoms with E-state index in [4.69, 9.17) is 0 Å². The number of carbonyl (C=O) groups is 1. The lowest BCUT2D eigenvalue weighted by Gasteiger charge is -2.30. The molecular formula is C19H24N4OS. The number of thiophene rings is 1. The lowest BCUT2D eigenvalue weighted by molar-refractivity contribution is 0.0904. The number of anilines is 1. The van der Waals surface area contributed by atoms with E-state index in [0.29, 0.717) is 5.69 Å². The molecule has 1 N–H and O–H groups in total. The van der Waals surface area contributed by atoms with E-state index in [9.17, 15) is 4.79 Å². The van der Waals surface area contributed by atoms with Crippen LogP contribution in [0.1, 0.15) is 36.2 Å². The van der Waals surface area contributed by atoms with Gasteiger partial charge in [0, 0.05) is 48.5 Å². The Kier molecular flexibility index (Phi) is 3.90. The maximum absolute atomic E-state index is 12.7. The number of aromatic nitrogens is 1. The first kappa shape index (κ1) is 15.6. The molecule has 3 aliphatic heterocycles. The molecule has 0 saturated carbocycles. The number of nitrogens with one attached hydrogen (secondary N) is 1. The van der Waals surface area contributed by atoms with Crippen molar-refractivity contribution in [2.24, 2.45) is 5.92 Å². The van der Waals surface area contributed by atoms with Gasteiger partial charge in [0.05, 0.1) is 5.00 Å². The van der Waals surface area contributed by atoms with Crippen LogP contribution in [0.25, 0.3) is 10.1 Å². The topological polar surface area (TPSA) is 48.5 Å². The van der Waals surface area contributed by atoms with E-state index in [2.05, 4.69) is 26.2 Å². The first-order valence-electron chi connectivity index (χ1n) is 9.42. The molecule has 3 fully saturated rings. The van der Waals surface area contributed by atoms with Gasteiger partial charge < -0.3 is 15.1 Å². The summed E-state index contributed by atoms with van der Waals surface area (Å²) >= 11 is 1.78. The number of carbonyl (C=O) groups excluding carboxylic acids is 1. The number of piperidine rings is 1. The van der Waals surface area contributed by atoms with Gasteiger partial charge in [-0.25, -0.2) is 0 Å². The van der Waals surface area contributed by atoms with E-state index in [1.807, 2.05) is 12.3 Å². The number of amides is 1. The van der Waals surface area contributed by atoms with Crippen LogP contribution in [-0.2, 0) is 0 Å². The Morgan fingerprint density at radius 1 is 1.20 bits per heavy atom. The van der Waals surface area contributed by atoms with Crippen molar-refractivity contribution in [3.05, 3.63) is 24.0 Å². The van der Waals surface area contributed by atoms with Crippen molar-refractivity contribution in [3.8, 4) is 0 Å². The first-order valence-corrected chi connectivity index (χ1v) is 10.2. The fraction of sp³-hybridized carbons (Fsp3) is 0.579. The fourth-order valence-corrected chi connectivity index (χ4v) is 5.68. The van der Waals surface area contributed by atoms with Gasteiger partial charge in [-0.3, -0.25) is 9.78 Å². The van der Waals surface area contributed by atoms with E-state index < -0.39 is 0 Å². The van der Waals surface area contributed by atoms with Gasteiger partial charge >= 0.3 is 0 Å². The number of hydrogen-bond acceptors (Lipinski definition) is 5. The number of pyridine rings is 1. The van der Waals surface area contributed by atoms with Gasteiger partial charge in [0.2, 0.25) is 0 Å². The third-order valence-corrected chi connectivity index (χ3v) is 7.00. The Hall–Kier alpha value is -1.66. The van der Waals surface area contributed by atoms with Crippen molar-refractivity contribution in [3.63, 3.8) is 0 Å². The van der Waals surface area contributed by atoms with Crippen molar-refractivity contribution in [2.45, 2.75) is 31.7 Å². The first-order chi connectivity index (χ1) is 12.2. The molecule has 2 aromatic rings. The highest BCUT2D eigenvalue weighted by atomic mass is 32.1. The molecule has 1 amide bonds. The van der Waals surface area contributed by atoms with Gasteiger partial charge in [-0.15, -0.1) is 11.3 Å². The van der Waals surface area contributed by atoms with Crippen LogP contribution in [0.3, 0.4) is 0 Å². The Bertz CT molecular complexity index is 786. The number of hydrogen-bond donors (Lipinski definition) is 1. The van der Waals surface area contributed by atoms with Gasteiger partial charge in [-0.2, -0.15) is 0 Å². The maximum Gasteiger partial charge on any atom is 0.270 e. The summed E-state index contributed by atoms with van der Waals surface area (Å²) in [6.07, 6.45) is 6.81. The summed E-state index contributed by atoms with van der Waals surface area (Å²) in [6.45, 7) is 5.68. The molecule has 0 radical (unpaired) electrons. The lowest BCUT2D eigenvalue weighted by Crippen LogP contribution is -2.47. The van der Waals surface area contributed by atoms with Crippen LogP contribution >= 0.6 is 11.3 Å². The molecule has 3 atom stereocenters. The van der Waals surface area contributed by atoms with Crippen LogP contribution in [0.2, 0.25) is 0 Å². The predicted octanol–water partition coefficient (Wildman–Crippen LogP) is 2.72. The smallest absolute Gasteiger partial charge is 0.270 e. The predicted molar refractivity (Wildman–Crippen MR) is 101 cm³/mol. The molecule has 0 spiro atoms. The summed E-state index contributed by atoms with van der Waals surface area (Å²) in [5.74, 6) is 0.736. The van der Waals surface area contributed by atoms with Crippen molar-refractivity contribution < 1.29 is 4.79 Å². The zero-order valence-corrected chi connectivity index (χ0v) is 15.2. The highest BCUT2D eigenvalue weighted by Gasteiger charge is 2.33. The van der Waals surface area contributed by atoms with E-state index in [0.717, 1.165) is 42.1 Å². The lowest BCUT2D eigenvalue weighted by atomic mass is 9.97. The van der Waals surface area contributed by atoms with Crippen molar-refractivity contribution in [1.82, 2.24) is 15.2 Å². The van der Waals surface area contributed by atoms with Crippen LogP contribution in [0, 0.1) is 5.92 Å². The van der Waals surface area contributed by atoms with Crippen LogP contribution in [-0.4, -0.2) is 54.6 Å². The van der Waals surface area contributed by atoms with Crippen LogP contribution in [0.5, 0.6) is 0 Å². The number of rotatable bonds is 3. The van der Waals surface area contributed by atoms with Gasteiger partial charge in [-0.1, -0.05) is 0 Å². The molecule has 5 heterocycles. The van der Waals surface area contributed by atoms with Crippen LogP contribution in [0.4, 0.5) is 5.00 Å². The molecule has 2 bridgehead atoms. The summed E-state index contributed by atoms with van der Waals surface area (Å²) < 4.78 is 1.16. The molecule has 3 saturated heterocycles. The minimum Gasteiger partial charge on any atom is -0.363 e. The van der Waals surface area contributed by atoms with Crippen molar-refractivity contribution in [2.75, 3.05) is 37.6 Å². The molecule has 3 unspecified atom stereocenters. The summed E-state index contributed by atoms with van der Waals surface area (Å²) in [5.41, 5.74) is 0.551. The maximum atomic E-state index is 12.7. The normalized spacial score (nSPS) is 28.6. The zero-order chi connectivity index (χ0) is 16.8. The summed E-state index contributed by atoms with van der Waals surface area (Å²) in [7, 11) is 0. The Balaban J connectivity index is 1.32. The van der Waals surface area contributed by atoms with Gasteiger partial charge in [0.1, 0.15) is 5.69 Å². The SMILES string of the molecule is O=C(NC1CC2CCN(C2)C1)c1cc2sc(N3CCCC3)cc2cn1. The summed E-state index contributed by atoms with van der Waals surface area (Å²) in [6, 6.07) is 4.45. The highest BCUT2D eigenvalue weighted by Crippen LogP contribution is 2.34.